The molecule has 0 N–H and O–H groups in total. The molecule has 0 bridgehead atoms. The van der Waals surface area contributed by atoms with E-state index in [4.69, 9.17) is 0 Å². The summed E-state index contributed by atoms with van der Waals surface area (Å²) >= 11 is 6.28. The van der Waals surface area contributed by atoms with Gasteiger partial charge in [0.2, 0.25) is 0 Å². The Hall–Kier alpha value is -1.14. The molecular formula is C38H38I2Se2. The van der Waals surface area contributed by atoms with E-state index >= 15 is 0 Å². The second-order valence-electron chi connectivity index (χ2n) is 10.9. The zero-order valence-corrected chi connectivity index (χ0v) is 32.6. The van der Waals surface area contributed by atoms with Crippen LogP contribution in [0.25, 0.3) is 43.1 Å². The van der Waals surface area contributed by atoms with E-state index in [2.05, 4.69) is 158 Å². The Morgan fingerprint density at radius 2 is 0.833 bits per heavy atom. The van der Waals surface area contributed by atoms with Crippen molar-refractivity contribution in [2.45, 2.75) is 64.0 Å². The molecule has 0 spiro atoms. The van der Waals surface area contributed by atoms with Gasteiger partial charge in [0, 0.05) is 0 Å². The fourth-order valence-corrected chi connectivity index (χ4v) is 13.5. The van der Waals surface area contributed by atoms with Gasteiger partial charge in [-0.05, 0) is 0 Å². The van der Waals surface area contributed by atoms with Crippen molar-refractivity contribution < 1.29 is 0 Å². The van der Waals surface area contributed by atoms with Crippen molar-refractivity contribution in [2.24, 2.45) is 0 Å². The Bertz CT molecular complexity index is 1720. The van der Waals surface area contributed by atoms with Crippen LogP contribution in [0, 0.1) is 21.0 Å². The molecule has 0 aliphatic rings. The number of aryl methyl sites for hydroxylation is 2. The van der Waals surface area contributed by atoms with Crippen LogP contribution in [0.3, 0.4) is 0 Å². The summed E-state index contributed by atoms with van der Waals surface area (Å²) in [4.78, 5) is 0. The summed E-state index contributed by atoms with van der Waals surface area (Å²) in [7, 11) is 0. The summed E-state index contributed by atoms with van der Waals surface area (Å²) in [5, 5.41) is 14.1. The van der Waals surface area contributed by atoms with Crippen molar-refractivity contribution >= 4 is 127 Å². The zero-order chi connectivity index (χ0) is 29.6. The van der Waals surface area contributed by atoms with Crippen LogP contribution in [0.4, 0.5) is 0 Å². The van der Waals surface area contributed by atoms with Gasteiger partial charge in [-0.1, -0.05) is 0 Å². The van der Waals surface area contributed by atoms with E-state index in [1.807, 2.05) is 0 Å². The maximum absolute atomic E-state index is 2.57. The first-order valence-electron chi connectivity index (χ1n) is 14.9. The predicted octanol–water partition coefficient (Wildman–Crippen LogP) is 10.9. The van der Waals surface area contributed by atoms with Crippen LogP contribution in [0.2, 0.25) is 10.6 Å². The van der Waals surface area contributed by atoms with Crippen molar-refractivity contribution in [1.29, 1.82) is 0 Å². The van der Waals surface area contributed by atoms with Gasteiger partial charge in [0.05, 0.1) is 0 Å². The first-order valence-corrected chi connectivity index (χ1v) is 21.2. The molecule has 0 nitrogen and oxygen atoms in total. The van der Waals surface area contributed by atoms with E-state index in [0.29, 0.717) is 29.9 Å². The molecule has 0 aliphatic heterocycles. The predicted molar refractivity (Wildman–Crippen MR) is 208 cm³/mol. The first-order chi connectivity index (χ1) is 20.4. The molecule has 6 rings (SSSR count). The number of fused-ring (bicyclic) bond motifs is 6. The molecule has 0 unspecified atom stereocenters. The number of rotatable bonds is 8. The van der Waals surface area contributed by atoms with Gasteiger partial charge < -0.3 is 0 Å². The van der Waals surface area contributed by atoms with E-state index in [1.165, 1.54) is 97.7 Å². The van der Waals surface area contributed by atoms with Gasteiger partial charge in [-0.25, -0.2) is 0 Å². The summed E-state index contributed by atoms with van der Waals surface area (Å²) in [5.41, 5.74) is 2.72. The van der Waals surface area contributed by atoms with E-state index in [0.717, 1.165) is 0 Å². The van der Waals surface area contributed by atoms with E-state index < -0.39 is 0 Å². The summed E-state index contributed by atoms with van der Waals surface area (Å²) in [6, 6.07) is 31.6. The quantitative estimate of drug-likeness (QED) is 0.0618. The van der Waals surface area contributed by atoms with Crippen LogP contribution < -0.4 is 8.92 Å². The van der Waals surface area contributed by atoms with Crippen molar-refractivity contribution in [2.75, 3.05) is 0 Å². The van der Waals surface area contributed by atoms with Gasteiger partial charge in [-0.15, -0.1) is 0 Å². The van der Waals surface area contributed by atoms with Gasteiger partial charge in [-0.2, -0.15) is 0 Å². The van der Waals surface area contributed by atoms with Gasteiger partial charge in [-0.3, -0.25) is 0 Å². The standard InChI is InChI=1S/2C19H19ISe/c2*1-3-4-11-21-19-17-12-13(2)9-10-15(17)14-7-5-6-8-16(14)18(19)20/h2*5-10,12H,3-4,11H2,1-2H3. The molecular weight excluding hydrogens is 868 g/mol. The molecule has 0 aromatic heterocycles. The average Bonchev–Trinajstić information content (AvgIpc) is 3.01. The number of benzene rings is 6. The first kappa shape index (κ1) is 32.3. The fourth-order valence-electron chi connectivity index (χ4n) is 5.38. The van der Waals surface area contributed by atoms with Crippen LogP contribution in [-0.4, -0.2) is 29.9 Å². The van der Waals surface area contributed by atoms with Crippen molar-refractivity contribution in [3.05, 3.63) is 103 Å². The third kappa shape index (κ3) is 7.05. The summed E-state index contributed by atoms with van der Waals surface area (Å²) < 4.78 is 6.15. The minimum atomic E-state index is 0.572. The molecule has 0 heterocycles. The van der Waals surface area contributed by atoms with Gasteiger partial charge in [0.15, 0.2) is 0 Å². The molecule has 6 aromatic carbocycles. The Morgan fingerprint density at radius 1 is 0.476 bits per heavy atom. The van der Waals surface area contributed by atoms with Gasteiger partial charge in [0.25, 0.3) is 0 Å². The van der Waals surface area contributed by atoms with Crippen LogP contribution in [-0.2, 0) is 0 Å². The molecule has 0 saturated heterocycles. The van der Waals surface area contributed by atoms with E-state index in [9.17, 15) is 0 Å². The second-order valence-corrected chi connectivity index (χ2v) is 17.7. The SMILES string of the molecule is CCCC[Se]c1c(I)c2ccccc2c2ccc(C)cc12.CCCC[Se]c1c(I)c2ccccc2c2ccc(C)cc12. The number of halogens is 2. The van der Waals surface area contributed by atoms with Gasteiger partial charge >= 0.3 is 294 Å². The van der Waals surface area contributed by atoms with E-state index in [-0.39, 0.29) is 0 Å². The molecule has 0 atom stereocenters. The van der Waals surface area contributed by atoms with Gasteiger partial charge in [0.1, 0.15) is 0 Å². The number of unbranched alkanes of at least 4 members (excludes halogenated alkanes) is 2. The molecule has 0 aliphatic carbocycles. The number of hydrogen-bond donors (Lipinski definition) is 0. The van der Waals surface area contributed by atoms with E-state index in [1.54, 1.807) is 8.92 Å². The third-order valence-corrected chi connectivity index (χ3v) is 16.6. The molecule has 0 saturated carbocycles. The van der Waals surface area contributed by atoms with Crippen molar-refractivity contribution in [1.82, 2.24) is 0 Å². The maximum atomic E-state index is 2.57. The minimum absolute atomic E-state index is 0.572. The second kappa shape index (κ2) is 15.2. The Balaban J connectivity index is 0.000000168. The van der Waals surface area contributed by atoms with Crippen LogP contribution in [0.5, 0.6) is 0 Å². The normalized spacial score (nSPS) is 11.4. The summed E-state index contributed by atoms with van der Waals surface area (Å²) in [6.07, 6.45) is 5.28. The Labute approximate surface area is 291 Å². The fraction of sp³-hybridized carbons (Fsp3) is 0.263. The number of hydrogen-bond acceptors (Lipinski definition) is 0. The molecule has 0 amide bonds. The van der Waals surface area contributed by atoms with Crippen LogP contribution in [0.15, 0.2) is 84.9 Å². The molecule has 4 heteroatoms. The van der Waals surface area contributed by atoms with Crippen molar-refractivity contribution in [3.8, 4) is 0 Å². The molecule has 0 radical (unpaired) electrons. The Morgan fingerprint density at radius 3 is 1.21 bits per heavy atom. The molecule has 216 valence electrons. The Kier molecular flexibility index (Phi) is 11.7. The van der Waals surface area contributed by atoms with Crippen LogP contribution >= 0.6 is 45.2 Å². The molecule has 6 aromatic rings. The molecule has 42 heavy (non-hydrogen) atoms. The summed E-state index contributed by atoms with van der Waals surface area (Å²) in [6.45, 7) is 8.96. The molecule has 0 fully saturated rings. The monoisotopic (exact) mass is 908 g/mol. The zero-order valence-electron chi connectivity index (χ0n) is 24.9. The topological polar surface area (TPSA) is 0 Å². The summed E-state index contributed by atoms with van der Waals surface area (Å²) in [5.74, 6) is 0. The van der Waals surface area contributed by atoms with Crippen molar-refractivity contribution in [3.63, 3.8) is 0 Å². The average molecular weight is 906 g/mol. The third-order valence-electron chi connectivity index (χ3n) is 7.63. The van der Waals surface area contributed by atoms with Crippen LogP contribution in [0.1, 0.15) is 50.7 Å².